The average molecular weight is 452 g/mol. The molecule has 0 fully saturated rings. The standard InChI is InChI=1S/C20H22ClN3O5S/c1-10(2)9-28-19(27)17-11(3)22-20(30-17)23-16(25)8-24-14-7-13(21)5-6-15(14)29-12(4)18(24)26/h5-7,10,12H,8-9H2,1-4H3,(H,22,23,25). The van der Waals surface area contributed by atoms with E-state index in [-0.39, 0.29) is 23.5 Å². The summed E-state index contributed by atoms with van der Waals surface area (Å²) in [4.78, 5) is 43.2. The van der Waals surface area contributed by atoms with Gasteiger partial charge in [-0.1, -0.05) is 36.8 Å². The minimum absolute atomic E-state index is 0.214. The number of hydrogen-bond acceptors (Lipinski definition) is 7. The molecule has 1 aliphatic rings. The van der Waals surface area contributed by atoms with Crippen molar-refractivity contribution in [2.24, 2.45) is 5.92 Å². The summed E-state index contributed by atoms with van der Waals surface area (Å²) in [6.07, 6.45) is -0.726. The molecule has 1 unspecified atom stereocenters. The van der Waals surface area contributed by atoms with Gasteiger partial charge in [0, 0.05) is 5.02 Å². The van der Waals surface area contributed by atoms with E-state index in [1.54, 1.807) is 32.0 Å². The van der Waals surface area contributed by atoms with Crippen molar-refractivity contribution in [3.05, 3.63) is 33.8 Å². The van der Waals surface area contributed by atoms with Crippen LogP contribution < -0.4 is 15.0 Å². The third-order valence-corrected chi connectivity index (χ3v) is 5.50. The third kappa shape index (κ3) is 4.91. The molecule has 2 heterocycles. The second-order valence-corrected chi connectivity index (χ2v) is 8.71. The zero-order valence-electron chi connectivity index (χ0n) is 17.0. The monoisotopic (exact) mass is 451 g/mol. The number of anilines is 2. The van der Waals surface area contributed by atoms with Crippen molar-refractivity contribution in [1.29, 1.82) is 0 Å². The summed E-state index contributed by atoms with van der Waals surface area (Å²) in [5.41, 5.74) is 0.895. The molecule has 0 aliphatic carbocycles. The van der Waals surface area contributed by atoms with Gasteiger partial charge >= 0.3 is 5.97 Å². The number of nitrogens with zero attached hydrogens (tertiary/aromatic N) is 2. The molecule has 1 atom stereocenters. The Hall–Kier alpha value is -2.65. The molecule has 0 spiro atoms. The van der Waals surface area contributed by atoms with Crippen LogP contribution in [0.3, 0.4) is 0 Å². The molecule has 30 heavy (non-hydrogen) atoms. The molecule has 1 N–H and O–H groups in total. The highest BCUT2D eigenvalue weighted by atomic mass is 35.5. The molecule has 10 heteroatoms. The normalized spacial score (nSPS) is 15.6. The van der Waals surface area contributed by atoms with Crippen molar-refractivity contribution in [2.75, 3.05) is 23.4 Å². The number of halogens is 1. The van der Waals surface area contributed by atoms with E-state index in [2.05, 4.69) is 10.3 Å². The largest absolute Gasteiger partial charge is 0.479 e. The van der Waals surface area contributed by atoms with Crippen LogP contribution in [0.1, 0.15) is 36.1 Å². The summed E-state index contributed by atoms with van der Waals surface area (Å²) in [5, 5.41) is 3.32. The van der Waals surface area contributed by atoms with E-state index < -0.39 is 18.0 Å². The molecule has 1 aliphatic heterocycles. The Labute approximate surface area is 183 Å². The summed E-state index contributed by atoms with van der Waals surface area (Å²) in [6.45, 7) is 7.23. The molecule has 2 amide bonds. The highest BCUT2D eigenvalue weighted by Gasteiger charge is 2.33. The minimum atomic E-state index is -0.726. The fourth-order valence-corrected chi connectivity index (χ4v) is 3.84. The van der Waals surface area contributed by atoms with Crippen molar-refractivity contribution in [1.82, 2.24) is 4.98 Å². The molecule has 0 saturated heterocycles. The van der Waals surface area contributed by atoms with Gasteiger partial charge in [-0.2, -0.15) is 0 Å². The number of aromatic nitrogens is 1. The molecular weight excluding hydrogens is 430 g/mol. The van der Waals surface area contributed by atoms with E-state index in [0.29, 0.717) is 33.6 Å². The number of ether oxygens (including phenoxy) is 2. The topological polar surface area (TPSA) is 97.8 Å². The number of rotatable bonds is 6. The lowest BCUT2D eigenvalue weighted by atomic mass is 10.2. The molecule has 2 aromatic rings. The number of carbonyl (C=O) groups is 3. The van der Waals surface area contributed by atoms with Crippen molar-refractivity contribution >= 4 is 51.5 Å². The Balaban J connectivity index is 1.72. The van der Waals surface area contributed by atoms with Gasteiger partial charge in [0.25, 0.3) is 5.91 Å². The molecule has 0 radical (unpaired) electrons. The summed E-state index contributed by atoms with van der Waals surface area (Å²) in [7, 11) is 0. The van der Waals surface area contributed by atoms with Crippen LogP contribution in [0.25, 0.3) is 0 Å². The molecule has 1 aromatic heterocycles. The van der Waals surface area contributed by atoms with Gasteiger partial charge < -0.3 is 14.8 Å². The van der Waals surface area contributed by atoms with Crippen LogP contribution in [0.4, 0.5) is 10.8 Å². The second-order valence-electron chi connectivity index (χ2n) is 7.27. The fraction of sp³-hybridized carbons (Fsp3) is 0.400. The van der Waals surface area contributed by atoms with E-state index in [0.717, 1.165) is 11.3 Å². The SMILES string of the molecule is Cc1nc(NC(=O)CN2C(=O)C(C)Oc3ccc(Cl)cc32)sc1C(=O)OCC(C)C. The lowest BCUT2D eigenvalue weighted by Gasteiger charge is -2.32. The van der Waals surface area contributed by atoms with E-state index in [4.69, 9.17) is 21.1 Å². The number of esters is 1. The Morgan fingerprint density at radius 2 is 2.13 bits per heavy atom. The molecule has 3 rings (SSSR count). The van der Waals surface area contributed by atoms with Gasteiger partial charge in [0.1, 0.15) is 17.2 Å². The van der Waals surface area contributed by atoms with E-state index in [1.165, 1.54) is 4.90 Å². The van der Waals surface area contributed by atoms with Crippen molar-refractivity contribution < 1.29 is 23.9 Å². The van der Waals surface area contributed by atoms with E-state index in [9.17, 15) is 14.4 Å². The smallest absolute Gasteiger partial charge is 0.350 e. The third-order valence-electron chi connectivity index (χ3n) is 4.21. The lowest BCUT2D eigenvalue weighted by molar-refractivity contribution is -0.127. The first-order valence-electron chi connectivity index (χ1n) is 9.37. The number of fused-ring (bicyclic) bond motifs is 1. The molecule has 1 aromatic carbocycles. The number of carbonyl (C=O) groups excluding carboxylic acids is 3. The molecule has 0 bridgehead atoms. The zero-order chi connectivity index (χ0) is 22.0. The number of thiazole rings is 1. The predicted octanol–water partition coefficient (Wildman–Crippen LogP) is 3.67. The van der Waals surface area contributed by atoms with Crippen LogP contribution in [0, 0.1) is 12.8 Å². The van der Waals surface area contributed by atoms with Crippen LogP contribution in [0.5, 0.6) is 5.75 Å². The van der Waals surface area contributed by atoms with Gasteiger partial charge in [-0.3, -0.25) is 14.5 Å². The van der Waals surface area contributed by atoms with Crippen molar-refractivity contribution in [3.63, 3.8) is 0 Å². The molecule has 160 valence electrons. The molecular formula is C20H22ClN3O5S. The van der Waals surface area contributed by atoms with Gasteiger partial charge in [0.05, 0.1) is 18.0 Å². The second kappa shape index (κ2) is 9.01. The van der Waals surface area contributed by atoms with E-state index in [1.807, 2.05) is 13.8 Å². The van der Waals surface area contributed by atoms with Gasteiger partial charge in [0.2, 0.25) is 5.91 Å². The van der Waals surface area contributed by atoms with E-state index >= 15 is 0 Å². The first-order valence-corrected chi connectivity index (χ1v) is 10.6. The Bertz CT molecular complexity index is 991. The Morgan fingerprint density at radius 3 is 2.83 bits per heavy atom. The first kappa shape index (κ1) is 22.0. The molecule has 0 saturated carbocycles. The lowest BCUT2D eigenvalue weighted by Crippen LogP contribution is -2.47. The van der Waals surface area contributed by atoms with Crippen molar-refractivity contribution in [3.8, 4) is 5.75 Å². The summed E-state index contributed by atoms with van der Waals surface area (Å²) in [6, 6.07) is 4.88. The first-order chi connectivity index (χ1) is 14.2. The quantitative estimate of drug-likeness (QED) is 0.673. The Morgan fingerprint density at radius 1 is 1.40 bits per heavy atom. The maximum absolute atomic E-state index is 12.6. The van der Waals surface area contributed by atoms with Crippen LogP contribution in [0.2, 0.25) is 5.02 Å². The number of aryl methyl sites for hydroxylation is 1. The Kier molecular flexibility index (Phi) is 6.62. The summed E-state index contributed by atoms with van der Waals surface area (Å²) < 4.78 is 10.8. The highest BCUT2D eigenvalue weighted by Crippen LogP contribution is 2.36. The molecule has 8 nitrogen and oxygen atoms in total. The number of hydrogen-bond donors (Lipinski definition) is 1. The van der Waals surface area contributed by atoms with Crippen LogP contribution in [0.15, 0.2) is 18.2 Å². The van der Waals surface area contributed by atoms with Crippen LogP contribution in [-0.4, -0.2) is 42.0 Å². The highest BCUT2D eigenvalue weighted by molar-refractivity contribution is 7.17. The van der Waals surface area contributed by atoms with Gasteiger partial charge in [-0.25, -0.2) is 9.78 Å². The predicted molar refractivity (Wildman–Crippen MR) is 114 cm³/mol. The summed E-state index contributed by atoms with van der Waals surface area (Å²) in [5.74, 6) is -0.599. The maximum Gasteiger partial charge on any atom is 0.350 e. The van der Waals surface area contributed by atoms with Crippen LogP contribution in [-0.2, 0) is 14.3 Å². The summed E-state index contributed by atoms with van der Waals surface area (Å²) >= 11 is 7.07. The zero-order valence-corrected chi connectivity index (χ0v) is 18.6. The number of amides is 2. The fourth-order valence-electron chi connectivity index (χ4n) is 2.79. The van der Waals surface area contributed by atoms with Gasteiger partial charge in [-0.05, 0) is 38.0 Å². The minimum Gasteiger partial charge on any atom is -0.479 e. The number of nitrogens with one attached hydrogen (secondary N) is 1. The average Bonchev–Trinajstić information content (AvgIpc) is 3.04. The number of benzene rings is 1. The maximum atomic E-state index is 12.6. The van der Waals surface area contributed by atoms with Gasteiger partial charge in [-0.15, -0.1) is 0 Å². The van der Waals surface area contributed by atoms with Crippen molar-refractivity contribution in [2.45, 2.75) is 33.8 Å². The van der Waals surface area contributed by atoms with Crippen LogP contribution >= 0.6 is 22.9 Å². The van der Waals surface area contributed by atoms with Gasteiger partial charge in [0.15, 0.2) is 11.2 Å².